The number of rotatable bonds is 4. The van der Waals surface area contributed by atoms with Crippen LogP contribution in [0.5, 0.6) is 0 Å². The number of aliphatic hydroxyl groups excluding tert-OH is 1. The SMILES string of the molecule is CCCCO.Cc1ccc(S(=O)(=O)[O-])cc1.Cc1ccc(S(=O)(=O)[O-])cc1.[Fe+2]. The smallest absolute Gasteiger partial charge is 0.744 e. The van der Waals surface area contributed by atoms with E-state index >= 15 is 0 Å². The van der Waals surface area contributed by atoms with Gasteiger partial charge in [0.05, 0.1) is 9.79 Å². The Morgan fingerprint density at radius 3 is 1.18 bits per heavy atom. The van der Waals surface area contributed by atoms with Crippen molar-refractivity contribution < 1.29 is 48.1 Å². The minimum atomic E-state index is -4.27. The number of hydrogen-bond donors (Lipinski definition) is 1. The van der Waals surface area contributed by atoms with Crippen LogP contribution in [0, 0.1) is 13.8 Å². The molecule has 0 amide bonds. The number of aryl methyl sites for hydroxylation is 2. The number of unbranched alkanes of at least 4 members (excludes halogenated alkanes) is 1. The third-order valence-corrected chi connectivity index (χ3v) is 4.83. The quantitative estimate of drug-likeness (QED) is 0.534. The Morgan fingerprint density at radius 2 is 1.04 bits per heavy atom. The molecular weight excluding hydrogens is 448 g/mol. The molecule has 0 atom stereocenters. The van der Waals surface area contributed by atoms with E-state index in [4.69, 9.17) is 5.11 Å². The second-order valence-electron chi connectivity index (χ2n) is 5.61. The molecule has 7 nitrogen and oxygen atoms in total. The molecule has 0 aliphatic heterocycles. The van der Waals surface area contributed by atoms with Crippen LogP contribution in [-0.4, -0.2) is 37.7 Å². The number of aliphatic hydroxyl groups is 1. The molecule has 0 aromatic heterocycles. The van der Waals surface area contributed by atoms with E-state index in [9.17, 15) is 25.9 Å². The molecule has 0 bridgehead atoms. The van der Waals surface area contributed by atoms with Crippen LogP contribution in [0.3, 0.4) is 0 Å². The van der Waals surface area contributed by atoms with Gasteiger partial charge in [0.2, 0.25) is 0 Å². The van der Waals surface area contributed by atoms with Gasteiger partial charge < -0.3 is 14.2 Å². The zero-order chi connectivity index (χ0) is 21.1. The summed E-state index contributed by atoms with van der Waals surface area (Å²) in [5.41, 5.74) is 1.86. The predicted octanol–water partition coefficient (Wildman–Crippen LogP) is 2.57. The molecule has 0 saturated carbocycles. The molecule has 0 aliphatic rings. The van der Waals surface area contributed by atoms with Crippen LogP contribution in [0.15, 0.2) is 58.3 Å². The molecule has 2 aromatic rings. The Kier molecular flexibility index (Phi) is 14.3. The van der Waals surface area contributed by atoms with E-state index in [1.807, 2.05) is 13.8 Å². The molecule has 0 heterocycles. The first kappa shape index (κ1) is 28.9. The van der Waals surface area contributed by atoms with Gasteiger partial charge in [0, 0.05) is 6.61 Å². The van der Waals surface area contributed by atoms with Crippen molar-refractivity contribution >= 4 is 20.2 Å². The van der Waals surface area contributed by atoms with Crippen LogP contribution >= 0.6 is 0 Å². The topological polar surface area (TPSA) is 135 Å². The minimum Gasteiger partial charge on any atom is -0.744 e. The Labute approximate surface area is 177 Å². The summed E-state index contributed by atoms with van der Waals surface area (Å²) in [6.45, 7) is 6.04. The Bertz CT molecular complexity index is 801. The Hall–Kier alpha value is -1.26. The predicted molar refractivity (Wildman–Crippen MR) is 100 cm³/mol. The first-order chi connectivity index (χ1) is 12.4. The van der Waals surface area contributed by atoms with Gasteiger partial charge in [-0.25, -0.2) is 16.8 Å². The molecule has 0 unspecified atom stereocenters. The first-order valence-corrected chi connectivity index (χ1v) is 10.9. The maximum absolute atomic E-state index is 10.4. The molecule has 0 fully saturated rings. The van der Waals surface area contributed by atoms with Crippen molar-refractivity contribution in [1.29, 1.82) is 0 Å². The van der Waals surface area contributed by atoms with Crippen LogP contribution in [-0.2, 0) is 37.3 Å². The van der Waals surface area contributed by atoms with E-state index in [1.165, 1.54) is 24.3 Å². The average Bonchev–Trinajstić information content (AvgIpc) is 2.56. The van der Waals surface area contributed by atoms with Crippen molar-refractivity contribution in [1.82, 2.24) is 0 Å². The fourth-order valence-corrected chi connectivity index (χ4v) is 2.51. The van der Waals surface area contributed by atoms with Gasteiger partial charge in [-0.15, -0.1) is 0 Å². The first-order valence-electron chi connectivity index (χ1n) is 8.07. The Morgan fingerprint density at radius 1 is 0.750 bits per heavy atom. The van der Waals surface area contributed by atoms with Gasteiger partial charge in [-0.3, -0.25) is 0 Å². The number of hydrogen-bond acceptors (Lipinski definition) is 7. The van der Waals surface area contributed by atoms with Crippen molar-refractivity contribution in [2.75, 3.05) is 6.61 Å². The average molecular weight is 472 g/mol. The fourth-order valence-electron chi connectivity index (χ4n) is 1.57. The van der Waals surface area contributed by atoms with E-state index in [1.54, 1.807) is 24.3 Å². The van der Waals surface area contributed by atoms with Gasteiger partial charge in [0.1, 0.15) is 20.2 Å². The molecule has 28 heavy (non-hydrogen) atoms. The van der Waals surface area contributed by atoms with Crippen LogP contribution in [0.2, 0.25) is 0 Å². The van der Waals surface area contributed by atoms with Crippen molar-refractivity contribution in [3.63, 3.8) is 0 Å². The Balaban J connectivity index is 0. The van der Waals surface area contributed by atoms with E-state index in [2.05, 4.69) is 6.92 Å². The van der Waals surface area contributed by atoms with E-state index in [0.29, 0.717) is 6.61 Å². The summed E-state index contributed by atoms with van der Waals surface area (Å²) >= 11 is 0. The van der Waals surface area contributed by atoms with Crippen molar-refractivity contribution in [2.24, 2.45) is 0 Å². The standard InChI is InChI=1S/2C7H8O3S.C4H10O.Fe/c2*1-6-2-4-7(5-3-6)11(8,9)10;1-2-3-4-5;/h2*2-5H,1H3,(H,8,9,10);5H,2-4H2,1H3;/q;;;+2/p-2. The second kappa shape index (κ2) is 13.8. The van der Waals surface area contributed by atoms with Gasteiger partial charge in [-0.1, -0.05) is 48.7 Å². The molecule has 0 saturated heterocycles. The van der Waals surface area contributed by atoms with E-state index in [-0.39, 0.29) is 26.9 Å². The summed E-state index contributed by atoms with van der Waals surface area (Å²) in [5, 5.41) is 8.07. The monoisotopic (exact) mass is 472 g/mol. The zero-order valence-corrected chi connectivity index (χ0v) is 18.5. The summed E-state index contributed by atoms with van der Waals surface area (Å²) in [6, 6.07) is 11.6. The third kappa shape index (κ3) is 13.0. The second-order valence-corrected chi connectivity index (χ2v) is 8.37. The molecule has 0 aliphatic carbocycles. The maximum Gasteiger partial charge on any atom is 2.00 e. The summed E-state index contributed by atoms with van der Waals surface area (Å²) in [4.78, 5) is -0.355. The van der Waals surface area contributed by atoms with E-state index in [0.717, 1.165) is 24.0 Å². The normalized spacial score (nSPS) is 10.5. The van der Waals surface area contributed by atoms with Crippen molar-refractivity contribution in [3.8, 4) is 0 Å². The van der Waals surface area contributed by atoms with Gasteiger partial charge in [-0.2, -0.15) is 0 Å². The van der Waals surface area contributed by atoms with Crippen LogP contribution in [0.25, 0.3) is 0 Å². The summed E-state index contributed by atoms with van der Waals surface area (Å²) in [7, 11) is -8.54. The largest absolute Gasteiger partial charge is 2.00 e. The zero-order valence-electron chi connectivity index (χ0n) is 15.8. The molecule has 0 radical (unpaired) electrons. The van der Waals surface area contributed by atoms with Crippen LogP contribution < -0.4 is 0 Å². The van der Waals surface area contributed by atoms with Gasteiger partial charge in [0.15, 0.2) is 0 Å². The van der Waals surface area contributed by atoms with E-state index < -0.39 is 20.2 Å². The van der Waals surface area contributed by atoms with Crippen LogP contribution in [0.1, 0.15) is 30.9 Å². The number of benzene rings is 2. The third-order valence-electron chi connectivity index (χ3n) is 3.13. The van der Waals surface area contributed by atoms with Gasteiger partial charge in [-0.05, 0) is 44.5 Å². The van der Waals surface area contributed by atoms with Gasteiger partial charge >= 0.3 is 17.1 Å². The fraction of sp³-hybridized carbons (Fsp3) is 0.333. The molecular formula is C18H24FeO7S2. The maximum atomic E-state index is 10.4. The molecule has 1 N–H and O–H groups in total. The minimum absolute atomic E-state index is 0. The van der Waals surface area contributed by atoms with Crippen LogP contribution in [0.4, 0.5) is 0 Å². The molecule has 158 valence electrons. The molecule has 2 aromatic carbocycles. The summed E-state index contributed by atoms with van der Waals surface area (Å²) in [5.74, 6) is 0. The molecule has 2 rings (SSSR count). The van der Waals surface area contributed by atoms with Crippen molar-refractivity contribution in [2.45, 2.75) is 43.4 Å². The van der Waals surface area contributed by atoms with Gasteiger partial charge in [0.25, 0.3) is 0 Å². The molecule has 10 heteroatoms. The van der Waals surface area contributed by atoms with Crippen molar-refractivity contribution in [3.05, 3.63) is 59.7 Å². The summed E-state index contributed by atoms with van der Waals surface area (Å²) in [6.07, 6.45) is 2.04. The summed E-state index contributed by atoms with van der Waals surface area (Å²) < 4.78 is 62.3. The molecule has 0 spiro atoms.